The normalized spacial score (nSPS) is 33.4. The van der Waals surface area contributed by atoms with Crippen molar-refractivity contribution in [2.45, 2.75) is 151 Å². The van der Waals surface area contributed by atoms with Gasteiger partial charge in [-0.25, -0.2) is 0 Å². The van der Waals surface area contributed by atoms with E-state index in [1.165, 1.54) is 30.4 Å². The van der Waals surface area contributed by atoms with Crippen LogP contribution in [0.4, 0.5) is 0 Å². The van der Waals surface area contributed by atoms with Gasteiger partial charge in [-0.2, -0.15) is 0 Å². The standard InChI is InChI=1S/C72H85N3O8S4/c73-69(74)58-32-47-7-4-10-64-55(23-27-75-64)67(80)34-59-56(47)33-49(58)38-84-85-39-51-36-70(26-22-52(77)17-11-43-13-20-66(79)68(30-43)83-28-24-44-12-19-65(78)60(59)29-44)25-21-48-35-72(82)50(15-14-45-6-3-9-63(45)72)16-18-54-57(48)31-46-5-1-2-8-53(46)61(37-76)62(54)40-86-87-42-71(51,81)41-70/h1-2,5,8,12-13,19-20,22-23,26-27,29-30,32-33,45,48,50-51,54,57,59,61-63,69,75-76,78-79,81-82H,3,6,9-11,14-18,21,24-25,28,31,34-42,73-74H2/b26-22+/t45-,48-,50+,51+,54+,57+,59+,61-,62-,63-,70+,71-,72-/m1/s1. The summed E-state index contributed by atoms with van der Waals surface area (Å²) in [5.74, 6) is 11.2. The van der Waals surface area contributed by atoms with Crippen molar-refractivity contribution in [2.75, 3.05) is 30.5 Å². The molecule has 6 aliphatic carbocycles. The van der Waals surface area contributed by atoms with Crippen LogP contribution in [0.25, 0.3) is 0 Å². The Hall–Kier alpha value is -4.60. The summed E-state index contributed by atoms with van der Waals surface area (Å²) in [6.07, 6.45) is 19.0. The van der Waals surface area contributed by atoms with Crippen LogP contribution in [0.2, 0.25) is 0 Å². The molecule has 15 heteroatoms. The van der Waals surface area contributed by atoms with Crippen LogP contribution < -0.4 is 16.2 Å². The highest BCUT2D eigenvalue weighted by molar-refractivity contribution is 8.77. The van der Waals surface area contributed by atoms with Gasteiger partial charge in [0.25, 0.3) is 0 Å². The monoisotopic (exact) mass is 1250 g/mol. The number of phenolic OH excluding ortho intramolecular Hbond substituents is 2. The fraction of sp³-hybridized carbons (Fsp3) is 0.528. The van der Waals surface area contributed by atoms with E-state index in [9.17, 15) is 35.1 Å². The van der Waals surface area contributed by atoms with Crippen LogP contribution >= 0.6 is 43.2 Å². The summed E-state index contributed by atoms with van der Waals surface area (Å²) in [6, 6.07) is 25.5. The van der Waals surface area contributed by atoms with E-state index in [4.69, 9.17) is 16.2 Å². The van der Waals surface area contributed by atoms with Crippen molar-refractivity contribution >= 4 is 54.7 Å². The Kier molecular flexibility index (Phi) is 18.3. The lowest BCUT2D eigenvalue weighted by molar-refractivity contribution is -0.143. The first-order valence-electron chi connectivity index (χ1n) is 32.1. The van der Waals surface area contributed by atoms with Gasteiger partial charge in [-0.1, -0.05) is 122 Å². The van der Waals surface area contributed by atoms with E-state index < -0.39 is 28.7 Å². The van der Waals surface area contributed by atoms with Crippen molar-refractivity contribution in [3.63, 3.8) is 0 Å². The van der Waals surface area contributed by atoms with Gasteiger partial charge in [-0.05, 0) is 205 Å². The molecule has 5 fully saturated rings. The Morgan fingerprint density at radius 1 is 0.736 bits per heavy atom. The molecule has 11 nitrogen and oxygen atoms in total. The fourth-order valence-corrected chi connectivity index (χ4v) is 23.6. The number of carbonyl (C=O) groups is 2. The molecule has 4 aromatic carbocycles. The molecule has 10 N–H and O–H groups in total. The van der Waals surface area contributed by atoms with E-state index in [1.807, 2.05) is 47.2 Å². The van der Waals surface area contributed by atoms with Crippen molar-refractivity contribution in [1.82, 2.24) is 4.98 Å². The van der Waals surface area contributed by atoms with Crippen molar-refractivity contribution in [3.8, 4) is 29.1 Å². The Bertz CT molecular complexity index is 3470. The zero-order valence-corrected chi connectivity index (χ0v) is 53.1. The van der Waals surface area contributed by atoms with Gasteiger partial charge in [0.2, 0.25) is 0 Å². The van der Waals surface area contributed by atoms with Crippen LogP contribution in [0, 0.1) is 64.6 Å². The number of fused-ring (bicyclic) bond motifs is 14. The number of rotatable bonds is 2. The molecule has 4 saturated carbocycles. The molecule has 13 atom stereocenters. The van der Waals surface area contributed by atoms with Gasteiger partial charge in [-0.15, -0.1) is 0 Å². The minimum Gasteiger partial charge on any atom is -0.508 e. The third-order valence-corrected chi connectivity index (χ3v) is 27.4. The third kappa shape index (κ3) is 12.5. The van der Waals surface area contributed by atoms with Crippen molar-refractivity contribution in [3.05, 3.63) is 159 Å². The van der Waals surface area contributed by atoms with E-state index >= 15 is 0 Å². The summed E-state index contributed by atoms with van der Waals surface area (Å²) < 4.78 is 6.29. The number of aromatic hydroxyl groups is 2. The molecule has 3 heterocycles. The Morgan fingerprint density at radius 2 is 1.56 bits per heavy atom. The van der Waals surface area contributed by atoms with E-state index in [0.29, 0.717) is 95.5 Å². The average molecular weight is 1250 g/mol. The molecule has 1 spiro atoms. The number of aliphatic hydroxyl groups is 3. The Balaban J connectivity index is 0.879. The number of aryl methyl sites for hydroxylation is 1. The highest BCUT2D eigenvalue weighted by atomic mass is 33.1. The van der Waals surface area contributed by atoms with Gasteiger partial charge >= 0.3 is 0 Å². The van der Waals surface area contributed by atoms with Gasteiger partial charge in [-0.3, -0.25) is 9.59 Å². The number of aromatic amines is 1. The third-order valence-electron chi connectivity index (χ3n) is 22.4. The number of benzene rings is 4. The molecule has 1 aromatic heterocycles. The number of hydrogen-bond donors (Lipinski definition) is 8. The summed E-state index contributed by atoms with van der Waals surface area (Å²) in [5.41, 5.74) is 20.4. The van der Waals surface area contributed by atoms with Gasteiger partial charge in [0.05, 0.1) is 37.0 Å². The number of ether oxygens (including phenoxy) is 1. The summed E-state index contributed by atoms with van der Waals surface area (Å²) in [6.45, 7) is 0.304. The van der Waals surface area contributed by atoms with Crippen LogP contribution in [0.1, 0.15) is 174 Å². The zero-order valence-electron chi connectivity index (χ0n) is 49.8. The lowest BCUT2D eigenvalue weighted by Crippen LogP contribution is -2.54. The van der Waals surface area contributed by atoms with E-state index in [-0.39, 0.29) is 78.7 Å². The number of nitrogens with two attached hydrogens (primary N) is 2. The maximum atomic E-state index is 14.5. The Morgan fingerprint density at radius 3 is 2.43 bits per heavy atom. The van der Waals surface area contributed by atoms with Gasteiger partial charge in [0.15, 0.2) is 23.1 Å². The van der Waals surface area contributed by atoms with Crippen molar-refractivity contribution in [1.29, 1.82) is 0 Å². The molecule has 0 radical (unpaired) electrons. The number of nitrogens with one attached hydrogen (secondary N) is 1. The molecule has 0 amide bonds. The molecular formula is C72H85N3O8S4. The molecule has 0 unspecified atom stereocenters. The lowest BCUT2D eigenvalue weighted by atomic mass is 9.55. The minimum atomic E-state index is -1.07. The molecule has 13 rings (SSSR count). The molecule has 1 saturated heterocycles. The predicted molar refractivity (Wildman–Crippen MR) is 352 cm³/mol. The fourth-order valence-electron chi connectivity index (χ4n) is 18.0. The number of aromatic nitrogens is 1. The average Bonchev–Trinajstić information content (AvgIpc) is 1.87. The largest absolute Gasteiger partial charge is 0.508 e. The minimum absolute atomic E-state index is 0.00166. The van der Waals surface area contributed by atoms with Crippen LogP contribution in [0.15, 0.2) is 97.2 Å². The van der Waals surface area contributed by atoms with Crippen LogP contribution in [-0.4, -0.2) is 83.8 Å². The second-order valence-electron chi connectivity index (χ2n) is 27.2. The molecule has 2 aliphatic heterocycles. The number of phenols is 2. The maximum absolute atomic E-state index is 14.5. The number of ketones is 2. The quantitative estimate of drug-likeness (QED) is 0.0470. The van der Waals surface area contributed by atoms with Gasteiger partial charge in [0.1, 0.15) is 5.75 Å². The highest BCUT2D eigenvalue weighted by Gasteiger charge is 2.57. The first-order valence-corrected chi connectivity index (χ1v) is 37.1. The first-order chi connectivity index (χ1) is 42.2. The van der Waals surface area contributed by atoms with Crippen LogP contribution in [-0.2, 0) is 36.2 Å². The SMILES string of the molecule is NC(N)c1cc2c3cc1CSSC[C@@H]1C[C@@]4(/C=C/C(=O)CCc5ccc(O)c(c5)OCCc5ccc(O)c(c5)[C@H]3CC(=O)c3cc[nH]c3CC#C2)CC[C@@H]2C[C@@]3(O)[C@@H](CC[C@H]5CCC[C@H]53)CC[C@@H]3[C@@H](CSSC[C@]1(O)C4)[C@H](CO)c1ccccc1C[C@@H]23. The maximum Gasteiger partial charge on any atom is 0.165 e. The topological polar surface area (TPSA) is 212 Å². The number of H-pyrrole nitrogens is 1. The summed E-state index contributed by atoms with van der Waals surface area (Å²) >= 11 is 0. The first kappa shape index (κ1) is 61.3. The van der Waals surface area contributed by atoms with Gasteiger partial charge < -0.3 is 46.7 Å². The van der Waals surface area contributed by atoms with Crippen LogP contribution in [0.3, 0.4) is 0 Å². The summed E-state index contributed by atoms with van der Waals surface area (Å²) in [7, 11) is 7.07. The molecule has 87 heavy (non-hydrogen) atoms. The highest BCUT2D eigenvalue weighted by Crippen LogP contribution is 2.62. The van der Waals surface area contributed by atoms with E-state index in [1.54, 1.807) is 56.8 Å². The van der Waals surface area contributed by atoms with Crippen molar-refractivity contribution < 1.29 is 39.9 Å². The van der Waals surface area contributed by atoms with Gasteiger partial charge in [0, 0.05) is 82.7 Å². The smallest absolute Gasteiger partial charge is 0.165 e. The molecule has 13 bridgehead atoms. The van der Waals surface area contributed by atoms with Crippen LogP contribution in [0.5, 0.6) is 17.2 Å². The summed E-state index contributed by atoms with van der Waals surface area (Å²) in [5, 5.41) is 61.6. The predicted octanol–water partition coefficient (Wildman–Crippen LogP) is 13.1. The lowest BCUT2D eigenvalue weighted by Gasteiger charge is -2.53. The molecular weight excluding hydrogens is 1160 g/mol. The van der Waals surface area contributed by atoms with E-state index in [2.05, 4.69) is 53.2 Å². The van der Waals surface area contributed by atoms with Crippen molar-refractivity contribution in [2.24, 2.45) is 64.2 Å². The molecule has 8 aliphatic rings. The molecule has 5 aromatic rings. The number of carbonyl (C=O) groups excluding carboxylic acids is 2. The van der Waals surface area contributed by atoms with E-state index in [0.717, 1.165) is 90.6 Å². The zero-order chi connectivity index (χ0) is 60.0. The number of hydrogen-bond acceptors (Lipinski definition) is 14. The number of allylic oxidation sites excluding steroid dienone is 2. The second kappa shape index (κ2) is 25.9. The number of aliphatic hydroxyl groups excluding tert-OH is 1. The molecule has 460 valence electrons. The number of Topliss-reactive ketones (excluding diaryl/α,β-unsaturated/α-hetero) is 1. The Labute approximate surface area is 529 Å². The summed E-state index contributed by atoms with van der Waals surface area (Å²) in [4.78, 5) is 32.2. The second-order valence-corrected chi connectivity index (χ2v) is 32.3.